The van der Waals surface area contributed by atoms with Gasteiger partial charge in [0.15, 0.2) is 5.82 Å². The van der Waals surface area contributed by atoms with Gasteiger partial charge in [-0.05, 0) is 37.8 Å². The van der Waals surface area contributed by atoms with E-state index in [0.717, 1.165) is 30.0 Å². The van der Waals surface area contributed by atoms with Gasteiger partial charge in [-0.25, -0.2) is 0 Å². The molecule has 0 saturated heterocycles. The van der Waals surface area contributed by atoms with E-state index in [4.69, 9.17) is 0 Å². The molecule has 2 aromatic rings. The minimum Gasteiger partial charge on any atom is -0.280 e. The first-order valence-corrected chi connectivity index (χ1v) is 7.27. The summed E-state index contributed by atoms with van der Waals surface area (Å²) in [4.78, 5) is 14.3. The quantitative estimate of drug-likeness (QED) is 0.923. The Balaban J connectivity index is 1.70. The zero-order valence-corrected chi connectivity index (χ0v) is 11.2. The normalized spacial score (nSPS) is 18.0. The van der Waals surface area contributed by atoms with Gasteiger partial charge in [0.25, 0.3) is 0 Å². The zero-order valence-electron chi connectivity index (χ0n) is 11.2. The highest BCUT2D eigenvalue weighted by Crippen LogP contribution is 2.41. The fourth-order valence-corrected chi connectivity index (χ4v) is 2.51. The Labute approximate surface area is 117 Å². The number of rotatable bonds is 4. The number of aromatic amines is 1. The molecular formula is C16H17N3O. The SMILES string of the molecule is O=C(C1CC1)N(c1ccccc1)c1cc(C2CC2)[nH]n1. The number of benzene rings is 1. The smallest absolute Gasteiger partial charge is 0.235 e. The van der Waals surface area contributed by atoms with Gasteiger partial charge in [-0.2, -0.15) is 5.10 Å². The van der Waals surface area contributed by atoms with Gasteiger partial charge in [0, 0.05) is 23.6 Å². The van der Waals surface area contributed by atoms with Crippen LogP contribution in [0.15, 0.2) is 36.4 Å². The van der Waals surface area contributed by atoms with Gasteiger partial charge in [0.1, 0.15) is 0 Å². The Morgan fingerprint density at radius 3 is 2.55 bits per heavy atom. The lowest BCUT2D eigenvalue weighted by Gasteiger charge is -2.20. The second-order valence-corrected chi connectivity index (χ2v) is 5.74. The number of hydrogen-bond donors (Lipinski definition) is 1. The Kier molecular flexibility index (Phi) is 2.62. The number of nitrogens with one attached hydrogen (secondary N) is 1. The van der Waals surface area contributed by atoms with E-state index in [-0.39, 0.29) is 11.8 Å². The highest BCUT2D eigenvalue weighted by Gasteiger charge is 2.36. The number of H-pyrrole nitrogens is 1. The van der Waals surface area contributed by atoms with Crippen LogP contribution in [0.2, 0.25) is 0 Å². The monoisotopic (exact) mass is 267 g/mol. The molecule has 4 nitrogen and oxygen atoms in total. The minimum absolute atomic E-state index is 0.171. The highest BCUT2D eigenvalue weighted by molar-refractivity contribution is 6.02. The summed E-state index contributed by atoms with van der Waals surface area (Å²) in [6.45, 7) is 0. The number of carbonyl (C=O) groups excluding carboxylic acids is 1. The third-order valence-corrected chi connectivity index (χ3v) is 3.99. The first kappa shape index (κ1) is 11.7. The second-order valence-electron chi connectivity index (χ2n) is 5.74. The van der Waals surface area contributed by atoms with Crippen molar-refractivity contribution in [1.29, 1.82) is 0 Å². The molecule has 1 aromatic heterocycles. The maximum Gasteiger partial charge on any atom is 0.235 e. The summed E-state index contributed by atoms with van der Waals surface area (Å²) in [5, 5.41) is 7.45. The van der Waals surface area contributed by atoms with Crippen molar-refractivity contribution in [3.8, 4) is 0 Å². The summed E-state index contributed by atoms with van der Waals surface area (Å²) in [6.07, 6.45) is 4.46. The van der Waals surface area contributed by atoms with Gasteiger partial charge in [-0.3, -0.25) is 14.8 Å². The van der Waals surface area contributed by atoms with E-state index in [9.17, 15) is 4.79 Å². The van der Waals surface area contributed by atoms with E-state index < -0.39 is 0 Å². The number of aromatic nitrogens is 2. The van der Waals surface area contributed by atoms with Crippen molar-refractivity contribution in [1.82, 2.24) is 10.2 Å². The molecule has 102 valence electrons. The largest absolute Gasteiger partial charge is 0.280 e. The third kappa shape index (κ3) is 2.11. The summed E-state index contributed by atoms with van der Waals surface area (Å²) in [7, 11) is 0. The number of anilines is 2. The molecule has 2 aliphatic carbocycles. The van der Waals surface area contributed by atoms with Crippen molar-refractivity contribution in [3.05, 3.63) is 42.1 Å². The van der Waals surface area contributed by atoms with Crippen molar-refractivity contribution in [2.24, 2.45) is 5.92 Å². The number of carbonyl (C=O) groups is 1. The van der Waals surface area contributed by atoms with Gasteiger partial charge < -0.3 is 0 Å². The van der Waals surface area contributed by atoms with Crippen LogP contribution in [0.25, 0.3) is 0 Å². The Bertz CT molecular complexity index is 626. The molecule has 4 rings (SSSR count). The average molecular weight is 267 g/mol. The molecule has 0 atom stereocenters. The maximum atomic E-state index is 12.6. The first-order valence-electron chi connectivity index (χ1n) is 7.27. The molecule has 1 amide bonds. The molecule has 4 heteroatoms. The van der Waals surface area contributed by atoms with Crippen LogP contribution in [0, 0.1) is 5.92 Å². The van der Waals surface area contributed by atoms with Crippen LogP contribution in [0.5, 0.6) is 0 Å². The molecule has 0 bridgehead atoms. The predicted octanol–water partition coefficient (Wildman–Crippen LogP) is 3.36. The third-order valence-electron chi connectivity index (χ3n) is 3.99. The van der Waals surface area contributed by atoms with Crippen molar-refractivity contribution < 1.29 is 4.79 Å². The molecule has 1 aromatic carbocycles. The van der Waals surface area contributed by atoms with E-state index in [1.165, 1.54) is 12.8 Å². The number of amides is 1. The molecular weight excluding hydrogens is 250 g/mol. The van der Waals surface area contributed by atoms with Crippen molar-refractivity contribution in [2.75, 3.05) is 4.90 Å². The molecule has 2 aliphatic rings. The summed E-state index contributed by atoms with van der Waals surface area (Å²) < 4.78 is 0. The number of para-hydroxylation sites is 1. The summed E-state index contributed by atoms with van der Waals surface area (Å²) in [5.74, 6) is 1.70. The Morgan fingerprint density at radius 1 is 1.15 bits per heavy atom. The zero-order chi connectivity index (χ0) is 13.5. The van der Waals surface area contributed by atoms with Crippen LogP contribution in [0.4, 0.5) is 11.5 Å². The summed E-state index contributed by atoms with van der Waals surface area (Å²) in [6, 6.07) is 11.8. The maximum absolute atomic E-state index is 12.6. The lowest BCUT2D eigenvalue weighted by molar-refractivity contribution is -0.119. The Morgan fingerprint density at radius 2 is 1.90 bits per heavy atom. The molecule has 0 radical (unpaired) electrons. The fourth-order valence-electron chi connectivity index (χ4n) is 2.51. The number of nitrogens with zero attached hydrogens (tertiary/aromatic N) is 2. The van der Waals surface area contributed by atoms with Crippen molar-refractivity contribution in [3.63, 3.8) is 0 Å². The molecule has 2 fully saturated rings. The van der Waals surface area contributed by atoms with E-state index in [0.29, 0.717) is 5.92 Å². The van der Waals surface area contributed by atoms with E-state index in [1.807, 2.05) is 36.4 Å². The van der Waals surface area contributed by atoms with Crippen LogP contribution < -0.4 is 4.90 Å². The van der Waals surface area contributed by atoms with Gasteiger partial charge in [0.05, 0.1) is 5.69 Å². The van der Waals surface area contributed by atoms with Crippen LogP contribution in [-0.2, 0) is 4.79 Å². The molecule has 20 heavy (non-hydrogen) atoms. The predicted molar refractivity (Wildman–Crippen MR) is 76.9 cm³/mol. The van der Waals surface area contributed by atoms with E-state index in [2.05, 4.69) is 10.2 Å². The molecule has 0 spiro atoms. The van der Waals surface area contributed by atoms with Gasteiger partial charge in [0.2, 0.25) is 5.91 Å². The van der Waals surface area contributed by atoms with Crippen LogP contribution in [0.3, 0.4) is 0 Å². The van der Waals surface area contributed by atoms with Crippen LogP contribution in [-0.4, -0.2) is 16.1 Å². The topological polar surface area (TPSA) is 49.0 Å². The van der Waals surface area contributed by atoms with Crippen molar-refractivity contribution in [2.45, 2.75) is 31.6 Å². The summed E-state index contributed by atoms with van der Waals surface area (Å²) in [5.41, 5.74) is 2.06. The number of hydrogen-bond acceptors (Lipinski definition) is 2. The molecule has 2 saturated carbocycles. The van der Waals surface area contributed by atoms with Gasteiger partial charge in [-0.1, -0.05) is 18.2 Å². The van der Waals surface area contributed by atoms with E-state index >= 15 is 0 Å². The lowest BCUT2D eigenvalue weighted by Crippen LogP contribution is -2.27. The van der Waals surface area contributed by atoms with Gasteiger partial charge >= 0.3 is 0 Å². The summed E-state index contributed by atoms with van der Waals surface area (Å²) >= 11 is 0. The second kappa shape index (κ2) is 4.47. The van der Waals surface area contributed by atoms with Crippen LogP contribution in [0.1, 0.15) is 37.3 Å². The average Bonchev–Trinajstić information content (AvgIpc) is 3.39. The van der Waals surface area contributed by atoms with Crippen molar-refractivity contribution >= 4 is 17.4 Å². The molecule has 0 aliphatic heterocycles. The molecule has 1 heterocycles. The molecule has 1 N–H and O–H groups in total. The molecule has 0 unspecified atom stereocenters. The standard InChI is InChI=1S/C16H17N3O/c20-16(12-8-9-12)19(13-4-2-1-3-5-13)15-10-14(17-18-15)11-6-7-11/h1-5,10-12H,6-9H2,(H,17,18). The lowest BCUT2D eigenvalue weighted by atomic mass is 10.2. The van der Waals surface area contributed by atoms with Crippen LogP contribution >= 0.6 is 0 Å². The fraction of sp³-hybridized carbons (Fsp3) is 0.375. The minimum atomic E-state index is 0.171. The first-order chi connectivity index (χ1) is 9.83. The van der Waals surface area contributed by atoms with Gasteiger partial charge in [-0.15, -0.1) is 0 Å². The highest BCUT2D eigenvalue weighted by atomic mass is 16.2. The van der Waals surface area contributed by atoms with E-state index in [1.54, 1.807) is 4.90 Å². The Hall–Kier alpha value is -2.10.